The number of methoxy groups -OCH3 is 1. The molecule has 138 valence electrons. The second-order valence-corrected chi connectivity index (χ2v) is 5.33. The van der Waals surface area contributed by atoms with Crippen LogP contribution in [0.25, 0.3) is 0 Å². The van der Waals surface area contributed by atoms with Crippen molar-refractivity contribution in [2.24, 2.45) is 0 Å². The number of benzene rings is 2. The van der Waals surface area contributed by atoms with Crippen LogP contribution in [0.4, 0.5) is 30.5 Å². The molecule has 0 radical (unpaired) electrons. The maximum atomic E-state index is 13.6. The number of carbonyl (C=O) groups is 1. The molecule has 1 aromatic heterocycles. The zero-order valence-corrected chi connectivity index (χ0v) is 14.0. The van der Waals surface area contributed by atoms with Crippen LogP contribution in [0.1, 0.15) is 10.4 Å². The minimum absolute atomic E-state index is 0.0825. The predicted octanol–water partition coefficient (Wildman–Crippen LogP) is 3.90. The van der Waals surface area contributed by atoms with Gasteiger partial charge in [-0.2, -0.15) is 0 Å². The molecular formula is C18H13F3N4O2. The van der Waals surface area contributed by atoms with Gasteiger partial charge in [-0.3, -0.25) is 4.79 Å². The van der Waals surface area contributed by atoms with E-state index in [0.29, 0.717) is 11.4 Å². The van der Waals surface area contributed by atoms with Gasteiger partial charge in [0.1, 0.15) is 5.75 Å². The molecule has 0 aliphatic heterocycles. The van der Waals surface area contributed by atoms with Crippen LogP contribution in [-0.4, -0.2) is 23.0 Å². The number of rotatable bonds is 5. The van der Waals surface area contributed by atoms with Crippen molar-refractivity contribution in [2.45, 2.75) is 0 Å². The molecule has 0 saturated carbocycles. The fourth-order valence-corrected chi connectivity index (χ4v) is 2.13. The van der Waals surface area contributed by atoms with Gasteiger partial charge in [-0.1, -0.05) is 0 Å². The number of hydrogen-bond donors (Lipinski definition) is 2. The first-order valence-electron chi connectivity index (χ1n) is 7.66. The number of carbonyl (C=O) groups excluding carboxylic acids is 1. The summed E-state index contributed by atoms with van der Waals surface area (Å²) in [5.41, 5.74) is 0.373. The highest BCUT2D eigenvalue weighted by molar-refractivity contribution is 6.03. The lowest BCUT2D eigenvalue weighted by Crippen LogP contribution is -2.13. The van der Waals surface area contributed by atoms with E-state index in [1.165, 1.54) is 19.5 Å². The predicted molar refractivity (Wildman–Crippen MR) is 92.6 cm³/mol. The van der Waals surface area contributed by atoms with Gasteiger partial charge in [-0.15, -0.1) is 0 Å². The first kappa shape index (κ1) is 18.2. The van der Waals surface area contributed by atoms with Gasteiger partial charge in [0.15, 0.2) is 17.5 Å². The minimum Gasteiger partial charge on any atom is -0.497 e. The van der Waals surface area contributed by atoms with E-state index in [-0.39, 0.29) is 17.2 Å². The van der Waals surface area contributed by atoms with Crippen molar-refractivity contribution in [1.29, 1.82) is 0 Å². The fraction of sp³-hybridized carbons (Fsp3) is 0.0556. The molecule has 27 heavy (non-hydrogen) atoms. The van der Waals surface area contributed by atoms with E-state index in [9.17, 15) is 18.0 Å². The topological polar surface area (TPSA) is 76.1 Å². The summed E-state index contributed by atoms with van der Waals surface area (Å²) < 4.78 is 44.8. The molecule has 0 unspecified atom stereocenters. The highest BCUT2D eigenvalue weighted by Crippen LogP contribution is 2.22. The molecule has 0 spiro atoms. The standard InChI is InChI=1S/C18H13F3N4O2/c1-27-12-4-2-11(3-5-12)24-17(26)10-8-22-18(23-9-10)25-14-7-6-13(19)15(20)16(14)21/h2-9H,1H3,(H,24,26)(H,22,23,25). The van der Waals surface area contributed by atoms with E-state index < -0.39 is 23.4 Å². The number of anilines is 3. The number of halogens is 3. The molecule has 2 N–H and O–H groups in total. The Morgan fingerprint density at radius 3 is 2.26 bits per heavy atom. The Hall–Kier alpha value is -3.62. The van der Waals surface area contributed by atoms with Crippen LogP contribution in [0.15, 0.2) is 48.8 Å². The summed E-state index contributed by atoms with van der Waals surface area (Å²) in [6.07, 6.45) is 2.43. The summed E-state index contributed by atoms with van der Waals surface area (Å²) >= 11 is 0. The zero-order valence-electron chi connectivity index (χ0n) is 14.0. The van der Waals surface area contributed by atoms with Crippen LogP contribution < -0.4 is 15.4 Å². The molecule has 9 heteroatoms. The van der Waals surface area contributed by atoms with Gasteiger partial charge in [0.25, 0.3) is 5.91 Å². The van der Waals surface area contributed by atoms with E-state index in [0.717, 1.165) is 12.1 Å². The maximum absolute atomic E-state index is 13.6. The molecule has 3 rings (SSSR count). The van der Waals surface area contributed by atoms with Crippen LogP contribution in [0.5, 0.6) is 5.75 Å². The van der Waals surface area contributed by atoms with Crippen LogP contribution in [-0.2, 0) is 0 Å². The van der Waals surface area contributed by atoms with Crippen molar-refractivity contribution in [2.75, 3.05) is 17.7 Å². The quantitative estimate of drug-likeness (QED) is 0.663. The Bertz CT molecular complexity index is 964. The zero-order chi connectivity index (χ0) is 19.4. The Morgan fingerprint density at radius 1 is 0.963 bits per heavy atom. The molecule has 0 bridgehead atoms. The summed E-state index contributed by atoms with van der Waals surface area (Å²) in [7, 11) is 1.53. The van der Waals surface area contributed by atoms with Crippen molar-refractivity contribution in [3.05, 3.63) is 71.8 Å². The van der Waals surface area contributed by atoms with Crippen molar-refractivity contribution < 1.29 is 22.7 Å². The number of nitrogens with one attached hydrogen (secondary N) is 2. The van der Waals surface area contributed by atoms with Gasteiger partial charge in [0, 0.05) is 18.1 Å². The van der Waals surface area contributed by atoms with Gasteiger partial charge >= 0.3 is 0 Å². The SMILES string of the molecule is COc1ccc(NC(=O)c2cnc(Nc3ccc(F)c(F)c3F)nc2)cc1. The van der Waals surface area contributed by atoms with Crippen LogP contribution in [0, 0.1) is 17.5 Å². The van der Waals surface area contributed by atoms with Gasteiger partial charge < -0.3 is 15.4 Å². The van der Waals surface area contributed by atoms with Gasteiger partial charge in [0.05, 0.1) is 18.4 Å². The second-order valence-electron chi connectivity index (χ2n) is 5.33. The molecule has 0 aliphatic rings. The molecule has 0 fully saturated rings. The van der Waals surface area contributed by atoms with Crippen LogP contribution in [0.2, 0.25) is 0 Å². The third-order valence-electron chi connectivity index (χ3n) is 3.54. The summed E-state index contributed by atoms with van der Waals surface area (Å²) in [4.78, 5) is 19.9. The second kappa shape index (κ2) is 7.73. The molecule has 0 aliphatic carbocycles. The number of ether oxygens (including phenoxy) is 1. The number of nitrogens with zero attached hydrogens (tertiary/aromatic N) is 2. The maximum Gasteiger partial charge on any atom is 0.258 e. The summed E-state index contributed by atoms with van der Waals surface area (Å²) in [6.45, 7) is 0. The van der Waals surface area contributed by atoms with E-state index in [4.69, 9.17) is 4.74 Å². The average Bonchev–Trinajstić information content (AvgIpc) is 2.69. The Kier molecular flexibility index (Phi) is 5.20. The normalized spacial score (nSPS) is 10.4. The Balaban J connectivity index is 1.69. The van der Waals surface area contributed by atoms with Gasteiger partial charge in [-0.25, -0.2) is 23.1 Å². The van der Waals surface area contributed by atoms with Crippen LogP contribution in [0.3, 0.4) is 0 Å². The molecule has 0 saturated heterocycles. The molecule has 0 atom stereocenters. The van der Waals surface area contributed by atoms with E-state index >= 15 is 0 Å². The summed E-state index contributed by atoms with van der Waals surface area (Å²) in [6, 6.07) is 8.50. The average molecular weight is 374 g/mol. The lowest BCUT2D eigenvalue weighted by Gasteiger charge is -2.08. The van der Waals surface area contributed by atoms with Crippen molar-refractivity contribution in [1.82, 2.24) is 9.97 Å². The largest absolute Gasteiger partial charge is 0.497 e. The highest BCUT2D eigenvalue weighted by Gasteiger charge is 2.14. The van der Waals surface area contributed by atoms with E-state index in [1.807, 2.05) is 0 Å². The summed E-state index contributed by atoms with van der Waals surface area (Å²) in [5, 5.41) is 5.07. The Labute approximate surface area is 152 Å². The van der Waals surface area contributed by atoms with E-state index in [1.54, 1.807) is 24.3 Å². The van der Waals surface area contributed by atoms with Crippen molar-refractivity contribution >= 4 is 23.2 Å². The van der Waals surface area contributed by atoms with Gasteiger partial charge in [-0.05, 0) is 36.4 Å². The fourth-order valence-electron chi connectivity index (χ4n) is 2.13. The Morgan fingerprint density at radius 2 is 1.63 bits per heavy atom. The molecular weight excluding hydrogens is 361 g/mol. The molecule has 2 aromatic carbocycles. The van der Waals surface area contributed by atoms with Crippen molar-refractivity contribution in [3.8, 4) is 5.75 Å². The molecule has 1 amide bonds. The lowest BCUT2D eigenvalue weighted by molar-refractivity contribution is 0.102. The third kappa shape index (κ3) is 4.14. The third-order valence-corrected chi connectivity index (χ3v) is 3.54. The number of aromatic nitrogens is 2. The lowest BCUT2D eigenvalue weighted by atomic mass is 10.2. The first-order valence-corrected chi connectivity index (χ1v) is 7.66. The number of amides is 1. The smallest absolute Gasteiger partial charge is 0.258 e. The molecule has 6 nitrogen and oxygen atoms in total. The molecule has 1 heterocycles. The van der Waals surface area contributed by atoms with Gasteiger partial charge in [0.2, 0.25) is 5.95 Å². The summed E-state index contributed by atoms with van der Waals surface area (Å²) in [5.74, 6) is -4.18. The number of hydrogen-bond acceptors (Lipinski definition) is 5. The van der Waals surface area contributed by atoms with Crippen LogP contribution >= 0.6 is 0 Å². The molecule has 3 aromatic rings. The van der Waals surface area contributed by atoms with E-state index in [2.05, 4.69) is 20.6 Å². The highest BCUT2D eigenvalue weighted by atomic mass is 19.2. The van der Waals surface area contributed by atoms with Crippen molar-refractivity contribution in [3.63, 3.8) is 0 Å². The first-order chi connectivity index (χ1) is 13.0. The minimum atomic E-state index is -1.60. The monoisotopic (exact) mass is 374 g/mol.